The summed E-state index contributed by atoms with van der Waals surface area (Å²) in [6, 6.07) is 5.16. The Hall–Kier alpha value is -2.37. The van der Waals surface area contributed by atoms with Crippen LogP contribution in [0.5, 0.6) is 11.5 Å². The van der Waals surface area contributed by atoms with Crippen molar-refractivity contribution in [1.29, 1.82) is 0 Å². The number of rotatable bonds is 3. The van der Waals surface area contributed by atoms with E-state index in [1.807, 2.05) is 0 Å². The van der Waals surface area contributed by atoms with Gasteiger partial charge in [-0.05, 0) is 18.2 Å². The van der Waals surface area contributed by atoms with Crippen LogP contribution in [0, 0.1) is 5.82 Å². The number of hydrogen-bond donors (Lipinski definition) is 1. The molecule has 2 N–H and O–H groups in total. The Kier molecular flexibility index (Phi) is 3.27. The fourth-order valence-electron chi connectivity index (χ4n) is 1.49. The minimum Gasteiger partial charge on any atom is -0.493 e. The van der Waals surface area contributed by atoms with Crippen molar-refractivity contribution >= 4 is 5.82 Å². The number of ether oxygens (including phenoxy) is 2. The summed E-state index contributed by atoms with van der Waals surface area (Å²) in [6.45, 7) is 0. The first-order valence-electron chi connectivity index (χ1n) is 5.16. The molecule has 1 heterocycles. The van der Waals surface area contributed by atoms with E-state index in [4.69, 9.17) is 15.2 Å². The first-order chi connectivity index (χ1) is 8.65. The zero-order chi connectivity index (χ0) is 13.1. The maximum Gasteiger partial charge on any atom is 0.183 e. The lowest BCUT2D eigenvalue weighted by Gasteiger charge is -2.09. The van der Waals surface area contributed by atoms with Gasteiger partial charge in [0, 0.05) is 5.56 Å². The number of aromatic nitrogens is 2. The number of halogens is 1. The van der Waals surface area contributed by atoms with Gasteiger partial charge in [-0.15, -0.1) is 0 Å². The van der Waals surface area contributed by atoms with E-state index in [9.17, 15) is 4.39 Å². The van der Waals surface area contributed by atoms with E-state index in [-0.39, 0.29) is 5.82 Å². The second kappa shape index (κ2) is 4.87. The number of nitrogens with two attached hydrogens (primary N) is 1. The van der Waals surface area contributed by atoms with Gasteiger partial charge in [0.05, 0.1) is 20.4 Å². The Morgan fingerprint density at radius 3 is 2.50 bits per heavy atom. The van der Waals surface area contributed by atoms with Crippen LogP contribution in [-0.2, 0) is 0 Å². The third kappa shape index (κ3) is 2.17. The average Bonchev–Trinajstić information content (AvgIpc) is 2.41. The van der Waals surface area contributed by atoms with Crippen LogP contribution in [-0.4, -0.2) is 24.2 Å². The Balaban J connectivity index is 2.47. The van der Waals surface area contributed by atoms with Crippen LogP contribution in [0.25, 0.3) is 11.4 Å². The van der Waals surface area contributed by atoms with Crippen molar-refractivity contribution in [3.63, 3.8) is 0 Å². The summed E-state index contributed by atoms with van der Waals surface area (Å²) in [7, 11) is 3.07. The standard InChI is InChI=1S/C12H12FN3O2/c1-17-9-4-3-7(5-10(9)18-2)12-15-6-8(13)11(14)16-12/h3-6H,1-2H3,(H2,14,15,16). The van der Waals surface area contributed by atoms with Gasteiger partial charge < -0.3 is 15.2 Å². The molecule has 2 aromatic rings. The van der Waals surface area contributed by atoms with Crippen LogP contribution in [0.3, 0.4) is 0 Å². The molecule has 2 rings (SSSR count). The summed E-state index contributed by atoms with van der Waals surface area (Å²) in [5.41, 5.74) is 6.07. The number of nitrogens with zero attached hydrogens (tertiary/aromatic N) is 2. The highest BCUT2D eigenvalue weighted by Gasteiger charge is 2.09. The number of anilines is 1. The van der Waals surface area contributed by atoms with Gasteiger partial charge in [0.2, 0.25) is 0 Å². The van der Waals surface area contributed by atoms with Crippen LogP contribution < -0.4 is 15.2 Å². The highest BCUT2D eigenvalue weighted by atomic mass is 19.1. The molecule has 0 saturated carbocycles. The SMILES string of the molecule is COc1ccc(-c2ncc(F)c(N)n2)cc1OC. The molecule has 0 aliphatic rings. The van der Waals surface area contributed by atoms with Crippen molar-refractivity contribution in [2.24, 2.45) is 0 Å². The van der Waals surface area contributed by atoms with Gasteiger partial charge in [-0.3, -0.25) is 0 Å². The van der Waals surface area contributed by atoms with Crippen molar-refractivity contribution in [1.82, 2.24) is 9.97 Å². The molecule has 0 fully saturated rings. The van der Waals surface area contributed by atoms with Crippen molar-refractivity contribution in [3.05, 3.63) is 30.2 Å². The number of benzene rings is 1. The molecule has 6 heteroatoms. The van der Waals surface area contributed by atoms with Gasteiger partial charge in [-0.1, -0.05) is 0 Å². The molecule has 94 valence electrons. The third-order valence-corrected chi connectivity index (χ3v) is 2.41. The van der Waals surface area contributed by atoms with E-state index in [0.29, 0.717) is 22.9 Å². The van der Waals surface area contributed by atoms with E-state index < -0.39 is 5.82 Å². The molecule has 5 nitrogen and oxygen atoms in total. The van der Waals surface area contributed by atoms with Gasteiger partial charge in [-0.25, -0.2) is 14.4 Å². The van der Waals surface area contributed by atoms with Gasteiger partial charge in [-0.2, -0.15) is 0 Å². The van der Waals surface area contributed by atoms with Crippen LogP contribution in [0.15, 0.2) is 24.4 Å². The summed E-state index contributed by atoms with van der Waals surface area (Å²) >= 11 is 0. The molecular weight excluding hydrogens is 237 g/mol. The van der Waals surface area contributed by atoms with Gasteiger partial charge in [0.15, 0.2) is 29.0 Å². The molecule has 1 aromatic heterocycles. The largest absolute Gasteiger partial charge is 0.493 e. The summed E-state index contributed by atoms with van der Waals surface area (Å²) in [4.78, 5) is 7.75. The second-order valence-corrected chi connectivity index (χ2v) is 3.50. The van der Waals surface area contributed by atoms with E-state index in [0.717, 1.165) is 6.20 Å². The Labute approximate surface area is 103 Å². The first-order valence-corrected chi connectivity index (χ1v) is 5.16. The van der Waals surface area contributed by atoms with Crippen LogP contribution in [0.2, 0.25) is 0 Å². The Bertz CT molecular complexity index is 575. The van der Waals surface area contributed by atoms with Crippen LogP contribution >= 0.6 is 0 Å². The topological polar surface area (TPSA) is 70.3 Å². The Morgan fingerprint density at radius 1 is 1.17 bits per heavy atom. The molecule has 18 heavy (non-hydrogen) atoms. The molecule has 0 unspecified atom stereocenters. The number of methoxy groups -OCH3 is 2. The van der Waals surface area contributed by atoms with Crippen molar-refractivity contribution in [2.75, 3.05) is 20.0 Å². The highest BCUT2D eigenvalue weighted by molar-refractivity contribution is 5.62. The van der Waals surface area contributed by atoms with E-state index >= 15 is 0 Å². The predicted octanol–water partition coefficient (Wildman–Crippen LogP) is 1.88. The molecule has 0 aliphatic heterocycles. The third-order valence-electron chi connectivity index (χ3n) is 2.41. The maximum atomic E-state index is 13.0. The fourth-order valence-corrected chi connectivity index (χ4v) is 1.49. The zero-order valence-corrected chi connectivity index (χ0v) is 9.98. The predicted molar refractivity (Wildman–Crippen MR) is 64.9 cm³/mol. The van der Waals surface area contributed by atoms with Crippen LogP contribution in [0.1, 0.15) is 0 Å². The fraction of sp³-hybridized carbons (Fsp3) is 0.167. The summed E-state index contributed by atoms with van der Waals surface area (Å²) in [5, 5.41) is 0. The first kappa shape index (κ1) is 12.1. The second-order valence-electron chi connectivity index (χ2n) is 3.50. The minimum atomic E-state index is -0.640. The lowest BCUT2D eigenvalue weighted by Crippen LogP contribution is -1.99. The summed E-state index contributed by atoms with van der Waals surface area (Å²) in [5.74, 6) is 0.640. The molecular formula is C12H12FN3O2. The van der Waals surface area contributed by atoms with E-state index in [1.165, 1.54) is 7.11 Å². The van der Waals surface area contributed by atoms with Gasteiger partial charge >= 0.3 is 0 Å². The molecule has 0 bridgehead atoms. The molecule has 0 atom stereocenters. The van der Waals surface area contributed by atoms with Gasteiger partial charge in [0.1, 0.15) is 0 Å². The monoisotopic (exact) mass is 249 g/mol. The highest BCUT2D eigenvalue weighted by Crippen LogP contribution is 2.31. The smallest absolute Gasteiger partial charge is 0.183 e. The lowest BCUT2D eigenvalue weighted by molar-refractivity contribution is 0.355. The molecule has 0 amide bonds. The van der Waals surface area contributed by atoms with Crippen molar-refractivity contribution in [3.8, 4) is 22.9 Å². The molecule has 0 spiro atoms. The normalized spacial score (nSPS) is 10.2. The summed E-state index contributed by atoms with van der Waals surface area (Å²) in [6.07, 6.45) is 1.04. The maximum absolute atomic E-state index is 13.0. The molecule has 1 aromatic carbocycles. The van der Waals surface area contributed by atoms with E-state index in [1.54, 1.807) is 25.3 Å². The van der Waals surface area contributed by atoms with Crippen molar-refractivity contribution < 1.29 is 13.9 Å². The number of hydrogen-bond acceptors (Lipinski definition) is 5. The zero-order valence-electron chi connectivity index (χ0n) is 9.98. The molecule has 0 saturated heterocycles. The Morgan fingerprint density at radius 2 is 1.89 bits per heavy atom. The number of nitrogen functional groups attached to an aromatic ring is 1. The van der Waals surface area contributed by atoms with Crippen LogP contribution in [0.4, 0.5) is 10.2 Å². The average molecular weight is 249 g/mol. The molecule has 0 radical (unpaired) electrons. The molecule has 0 aliphatic carbocycles. The van der Waals surface area contributed by atoms with Crippen molar-refractivity contribution in [2.45, 2.75) is 0 Å². The van der Waals surface area contributed by atoms with E-state index in [2.05, 4.69) is 9.97 Å². The minimum absolute atomic E-state index is 0.185. The lowest BCUT2D eigenvalue weighted by atomic mass is 10.2. The van der Waals surface area contributed by atoms with Gasteiger partial charge in [0.25, 0.3) is 0 Å². The summed E-state index contributed by atoms with van der Waals surface area (Å²) < 4.78 is 23.3. The quantitative estimate of drug-likeness (QED) is 0.899.